The Morgan fingerprint density at radius 2 is 1.84 bits per heavy atom. The normalized spacial score (nSPS) is 10.8. The third kappa shape index (κ3) is 5.84. The summed E-state index contributed by atoms with van der Waals surface area (Å²) in [6.07, 6.45) is 0.105. The Morgan fingerprint density at radius 1 is 1.13 bits per heavy atom. The number of nitrogens with zero attached hydrogens (tertiary/aromatic N) is 2. The summed E-state index contributed by atoms with van der Waals surface area (Å²) in [4.78, 5) is 40.6. The number of hydrogen-bond donors (Lipinski definition) is 1. The van der Waals surface area contributed by atoms with Crippen LogP contribution in [-0.2, 0) is 27.8 Å². The zero-order valence-electron chi connectivity index (χ0n) is 16.5. The summed E-state index contributed by atoms with van der Waals surface area (Å²) < 4.78 is 34.8. The maximum atomic E-state index is 12.4. The molecule has 3 rings (SSSR count). The van der Waals surface area contributed by atoms with Gasteiger partial charge in [-0.3, -0.25) is 19.0 Å². The van der Waals surface area contributed by atoms with Gasteiger partial charge in [0, 0.05) is 19.2 Å². The number of halogens is 2. The van der Waals surface area contributed by atoms with Crippen LogP contribution in [-0.4, -0.2) is 34.6 Å². The lowest BCUT2D eigenvalue weighted by atomic mass is 10.2. The number of esters is 1. The van der Waals surface area contributed by atoms with E-state index in [1.807, 2.05) is 0 Å². The Labute approximate surface area is 175 Å². The number of nitrogens with one attached hydrogen (secondary N) is 1. The molecular formula is C21H19F2N3O5. The number of anilines is 1. The number of aromatic nitrogens is 2. The summed E-state index contributed by atoms with van der Waals surface area (Å²) >= 11 is 0. The number of para-hydroxylation sites is 1. The first-order valence-corrected chi connectivity index (χ1v) is 9.28. The minimum Gasteiger partial charge on any atom is -0.456 e. The van der Waals surface area contributed by atoms with Gasteiger partial charge in [-0.1, -0.05) is 12.1 Å². The van der Waals surface area contributed by atoms with Crippen LogP contribution >= 0.6 is 0 Å². The fraction of sp³-hybridized carbons (Fsp3) is 0.238. The van der Waals surface area contributed by atoms with Gasteiger partial charge in [-0.15, -0.1) is 0 Å². The number of alkyl halides is 2. The fourth-order valence-electron chi connectivity index (χ4n) is 2.84. The van der Waals surface area contributed by atoms with Gasteiger partial charge in [0.1, 0.15) is 11.6 Å². The Morgan fingerprint density at radius 3 is 2.55 bits per heavy atom. The Hall–Kier alpha value is -3.82. The van der Waals surface area contributed by atoms with Crippen molar-refractivity contribution in [2.45, 2.75) is 19.5 Å². The molecule has 0 atom stereocenters. The van der Waals surface area contributed by atoms with Crippen molar-refractivity contribution in [3.05, 3.63) is 64.7 Å². The third-order valence-corrected chi connectivity index (χ3v) is 4.36. The summed E-state index contributed by atoms with van der Waals surface area (Å²) in [6, 6.07) is 12.2. The van der Waals surface area contributed by atoms with E-state index in [-0.39, 0.29) is 24.2 Å². The molecule has 2 aromatic carbocycles. The first kappa shape index (κ1) is 21.9. The zero-order chi connectivity index (χ0) is 22.4. The first-order chi connectivity index (χ1) is 14.8. The number of amides is 1. The van der Waals surface area contributed by atoms with Crippen LogP contribution in [0.25, 0.3) is 10.9 Å². The lowest BCUT2D eigenvalue weighted by Gasteiger charge is -2.10. The molecule has 3 aromatic rings. The Kier molecular flexibility index (Phi) is 6.91. The van der Waals surface area contributed by atoms with Crippen LogP contribution in [0.2, 0.25) is 0 Å². The minimum atomic E-state index is -2.94. The van der Waals surface area contributed by atoms with E-state index in [9.17, 15) is 23.2 Å². The van der Waals surface area contributed by atoms with Crippen LogP contribution in [0, 0.1) is 0 Å². The van der Waals surface area contributed by atoms with E-state index in [4.69, 9.17) is 4.74 Å². The smallest absolute Gasteiger partial charge is 0.387 e. The van der Waals surface area contributed by atoms with Crippen molar-refractivity contribution >= 4 is 28.5 Å². The summed E-state index contributed by atoms with van der Waals surface area (Å²) in [5, 5.41) is 2.96. The van der Waals surface area contributed by atoms with Crippen molar-refractivity contribution in [3.63, 3.8) is 0 Å². The molecule has 0 saturated carbocycles. The number of aryl methyl sites for hydroxylation is 1. The van der Waals surface area contributed by atoms with Gasteiger partial charge in [0.25, 0.3) is 11.5 Å². The van der Waals surface area contributed by atoms with E-state index in [1.54, 1.807) is 31.3 Å². The van der Waals surface area contributed by atoms with Crippen LogP contribution < -0.4 is 15.6 Å². The largest absolute Gasteiger partial charge is 0.456 e. The molecule has 0 bridgehead atoms. The molecule has 0 aliphatic rings. The number of carbonyl (C=O) groups excluding carboxylic acids is 2. The van der Waals surface area contributed by atoms with Gasteiger partial charge in [-0.25, -0.2) is 4.98 Å². The van der Waals surface area contributed by atoms with E-state index in [1.165, 1.54) is 28.8 Å². The highest BCUT2D eigenvalue weighted by Crippen LogP contribution is 2.17. The SMILES string of the molecule is Cn1c(CCC(=O)OCC(=O)Nc2ccc(OC(F)F)cc2)nc2ccccc2c1=O. The van der Waals surface area contributed by atoms with Crippen LogP contribution in [0.1, 0.15) is 12.2 Å². The third-order valence-electron chi connectivity index (χ3n) is 4.36. The highest BCUT2D eigenvalue weighted by molar-refractivity contribution is 5.92. The maximum Gasteiger partial charge on any atom is 0.387 e. The standard InChI is InChI=1S/C21H19F2N3O5/c1-26-17(25-16-5-3-2-4-15(16)20(26)29)10-11-19(28)30-12-18(27)24-13-6-8-14(9-7-13)31-21(22)23/h2-9,21H,10-12H2,1H3,(H,24,27). The van der Waals surface area contributed by atoms with Gasteiger partial charge in [0.05, 0.1) is 17.3 Å². The van der Waals surface area contributed by atoms with Crippen molar-refractivity contribution in [2.75, 3.05) is 11.9 Å². The van der Waals surface area contributed by atoms with E-state index < -0.39 is 25.1 Å². The molecule has 1 amide bonds. The average molecular weight is 431 g/mol. The minimum absolute atomic E-state index is 0.0453. The molecule has 0 saturated heterocycles. The van der Waals surface area contributed by atoms with Gasteiger partial charge in [0.2, 0.25) is 0 Å². The predicted octanol–water partition coefficient (Wildman–Crippen LogP) is 2.65. The van der Waals surface area contributed by atoms with Crippen molar-refractivity contribution in [2.24, 2.45) is 7.05 Å². The van der Waals surface area contributed by atoms with Crippen LogP contribution in [0.5, 0.6) is 5.75 Å². The van der Waals surface area contributed by atoms with Gasteiger partial charge in [-0.05, 0) is 36.4 Å². The highest BCUT2D eigenvalue weighted by atomic mass is 19.3. The van der Waals surface area contributed by atoms with Crippen LogP contribution in [0.4, 0.5) is 14.5 Å². The van der Waals surface area contributed by atoms with Crippen molar-refractivity contribution in [3.8, 4) is 5.75 Å². The predicted molar refractivity (Wildman–Crippen MR) is 108 cm³/mol. The molecule has 0 unspecified atom stereocenters. The molecule has 0 aliphatic carbocycles. The monoisotopic (exact) mass is 431 g/mol. The number of rotatable bonds is 8. The molecule has 0 spiro atoms. The topological polar surface area (TPSA) is 99.5 Å². The number of benzene rings is 2. The number of hydrogen-bond acceptors (Lipinski definition) is 6. The highest BCUT2D eigenvalue weighted by Gasteiger charge is 2.12. The molecule has 1 heterocycles. The second-order valence-electron chi connectivity index (χ2n) is 6.52. The van der Waals surface area contributed by atoms with Gasteiger partial charge < -0.3 is 14.8 Å². The molecule has 1 aromatic heterocycles. The Bertz CT molecular complexity index is 1150. The lowest BCUT2D eigenvalue weighted by Crippen LogP contribution is -2.24. The summed E-state index contributed by atoms with van der Waals surface area (Å²) in [5.74, 6) is -0.835. The quantitative estimate of drug-likeness (QED) is 0.551. The van der Waals surface area contributed by atoms with E-state index in [0.29, 0.717) is 22.4 Å². The van der Waals surface area contributed by atoms with Gasteiger partial charge >= 0.3 is 12.6 Å². The van der Waals surface area contributed by atoms with E-state index >= 15 is 0 Å². The van der Waals surface area contributed by atoms with E-state index in [2.05, 4.69) is 15.0 Å². The molecule has 8 nitrogen and oxygen atoms in total. The summed E-state index contributed by atoms with van der Waals surface area (Å²) in [7, 11) is 1.58. The van der Waals surface area contributed by atoms with Crippen molar-refractivity contribution in [1.82, 2.24) is 9.55 Å². The molecule has 31 heavy (non-hydrogen) atoms. The number of carbonyl (C=O) groups is 2. The first-order valence-electron chi connectivity index (χ1n) is 9.28. The van der Waals surface area contributed by atoms with Crippen molar-refractivity contribution < 1.29 is 27.8 Å². The average Bonchev–Trinajstić information content (AvgIpc) is 2.75. The van der Waals surface area contributed by atoms with Crippen LogP contribution in [0.3, 0.4) is 0 Å². The zero-order valence-corrected chi connectivity index (χ0v) is 16.5. The molecule has 0 radical (unpaired) electrons. The maximum absolute atomic E-state index is 12.4. The number of fused-ring (bicyclic) bond motifs is 1. The van der Waals surface area contributed by atoms with Crippen LogP contribution in [0.15, 0.2) is 53.3 Å². The van der Waals surface area contributed by atoms with Gasteiger partial charge in [-0.2, -0.15) is 8.78 Å². The van der Waals surface area contributed by atoms with Crippen molar-refractivity contribution in [1.29, 1.82) is 0 Å². The molecule has 1 N–H and O–H groups in total. The molecule has 0 fully saturated rings. The molecular weight excluding hydrogens is 412 g/mol. The summed E-state index contributed by atoms with van der Waals surface area (Å²) in [6.45, 7) is -3.45. The number of ether oxygens (including phenoxy) is 2. The Balaban J connectivity index is 1.49. The second-order valence-corrected chi connectivity index (χ2v) is 6.52. The van der Waals surface area contributed by atoms with E-state index in [0.717, 1.165) is 0 Å². The fourth-order valence-corrected chi connectivity index (χ4v) is 2.84. The lowest BCUT2D eigenvalue weighted by molar-refractivity contribution is -0.147. The summed E-state index contributed by atoms with van der Waals surface area (Å²) in [5.41, 5.74) is 0.662. The van der Waals surface area contributed by atoms with Gasteiger partial charge in [0.15, 0.2) is 6.61 Å². The molecule has 10 heteroatoms. The molecule has 0 aliphatic heterocycles. The molecule has 162 valence electrons. The second kappa shape index (κ2) is 9.79.